The monoisotopic (exact) mass is 252 g/mol. The molecule has 1 aromatic rings. The number of azo groups is 1. The number of halogens is 4. The normalized spacial score (nSPS) is 12.3. The lowest BCUT2D eigenvalue weighted by Gasteiger charge is -2.06. The summed E-state index contributed by atoms with van der Waals surface area (Å²) in [7, 11) is 0. The molecule has 0 fully saturated rings. The zero-order valence-corrected chi connectivity index (χ0v) is 8.76. The molecular weight excluding hydrogens is 245 g/mol. The molecule has 0 amide bonds. The van der Waals surface area contributed by atoms with E-state index in [0.717, 1.165) is 6.07 Å². The maximum absolute atomic E-state index is 12.2. The predicted octanol–water partition coefficient (Wildman–Crippen LogP) is 2.80. The largest absolute Gasteiger partial charge is 0.417 e. The summed E-state index contributed by atoms with van der Waals surface area (Å²) in [5.74, 6) is -0.0527. The molecule has 1 heterocycles. The van der Waals surface area contributed by atoms with Gasteiger partial charge in [-0.3, -0.25) is 0 Å². The first-order chi connectivity index (χ1) is 7.45. The summed E-state index contributed by atoms with van der Waals surface area (Å²) in [6.07, 6.45) is -3.81. The van der Waals surface area contributed by atoms with Crippen LogP contribution in [0.15, 0.2) is 22.5 Å². The average Bonchev–Trinajstić information content (AvgIpc) is 2.19. The van der Waals surface area contributed by atoms with E-state index in [1.807, 2.05) is 0 Å². The van der Waals surface area contributed by atoms with Gasteiger partial charge in [-0.1, -0.05) is 11.6 Å². The number of aromatic nitrogens is 1. The van der Waals surface area contributed by atoms with Crippen molar-refractivity contribution in [1.29, 1.82) is 0 Å². The molecule has 1 aromatic heterocycles. The molecule has 16 heavy (non-hydrogen) atoms. The Kier molecular flexibility index (Phi) is 4.19. The number of alkyl halides is 3. The van der Waals surface area contributed by atoms with Gasteiger partial charge in [-0.25, -0.2) is 4.98 Å². The van der Waals surface area contributed by atoms with E-state index in [0.29, 0.717) is 12.7 Å². The summed E-state index contributed by atoms with van der Waals surface area (Å²) in [6.45, 7) is 0.556. The first kappa shape index (κ1) is 12.9. The van der Waals surface area contributed by atoms with Crippen LogP contribution in [-0.2, 0) is 6.18 Å². The van der Waals surface area contributed by atoms with E-state index in [9.17, 15) is 13.2 Å². The van der Waals surface area contributed by atoms with Gasteiger partial charge in [0.25, 0.3) is 0 Å². The average molecular weight is 253 g/mol. The molecule has 4 nitrogen and oxygen atoms in total. The topological polar surface area (TPSA) is 63.6 Å². The summed E-state index contributed by atoms with van der Waals surface area (Å²) in [5.41, 5.74) is 4.23. The van der Waals surface area contributed by atoms with Crippen molar-refractivity contribution in [3.05, 3.63) is 22.8 Å². The van der Waals surface area contributed by atoms with Gasteiger partial charge in [0.15, 0.2) is 5.82 Å². The van der Waals surface area contributed by atoms with E-state index in [2.05, 4.69) is 15.2 Å². The molecule has 0 aliphatic rings. The van der Waals surface area contributed by atoms with Crippen molar-refractivity contribution in [3.63, 3.8) is 0 Å². The molecule has 0 aliphatic carbocycles. The SMILES string of the molecule is NCCN=Nc1ncc(C(F)(F)F)cc1Cl. The van der Waals surface area contributed by atoms with Crippen LogP contribution in [0.2, 0.25) is 5.02 Å². The van der Waals surface area contributed by atoms with Crippen molar-refractivity contribution < 1.29 is 13.2 Å². The maximum atomic E-state index is 12.2. The number of hydrogen-bond donors (Lipinski definition) is 1. The van der Waals surface area contributed by atoms with Crippen LogP contribution in [0.5, 0.6) is 0 Å². The van der Waals surface area contributed by atoms with Crippen LogP contribution in [0.4, 0.5) is 19.0 Å². The molecule has 2 N–H and O–H groups in total. The summed E-state index contributed by atoms with van der Waals surface area (Å²) in [4.78, 5) is 3.46. The van der Waals surface area contributed by atoms with Crippen LogP contribution in [0.3, 0.4) is 0 Å². The fourth-order valence-corrected chi connectivity index (χ4v) is 1.04. The van der Waals surface area contributed by atoms with E-state index in [1.165, 1.54) is 0 Å². The van der Waals surface area contributed by atoms with Gasteiger partial charge in [-0.15, -0.1) is 5.11 Å². The molecule has 0 aromatic carbocycles. The Morgan fingerprint density at radius 2 is 2.12 bits per heavy atom. The number of nitrogens with two attached hydrogens (primary N) is 1. The molecule has 1 rings (SSSR count). The first-order valence-electron chi connectivity index (χ1n) is 4.25. The van der Waals surface area contributed by atoms with Crippen molar-refractivity contribution >= 4 is 17.4 Å². The minimum Gasteiger partial charge on any atom is -0.329 e. The van der Waals surface area contributed by atoms with Crippen molar-refractivity contribution in [1.82, 2.24) is 4.98 Å². The second kappa shape index (κ2) is 5.22. The second-order valence-electron chi connectivity index (χ2n) is 2.78. The standard InChI is InChI=1S/C8H8ClF3N4/c9-6-3-5(8(10,11)12)4-14-7(6)16-15-2-1-13/h3-4H,1-2,13H2. The zero-order valence-electron chi connectivity index (χ0n) is 8.00. The zero-order chi connectivity index (χ0) is 12.2. The van der Waals surface area contributed by atoms with Crippen LogP contribution in [-0.4, -0.2) is 18.1 Å². The quantitative estimate of drug-likeness (QED) is 0.841. The number of pyridine rings is 1. The predicted molar refractivity (Wildman–Crippen MR) is 52.7 cm³/mol. The van der Waals surface area contributed by atoms with Crippen LogP contribution in [0, 0.1) is 0 Å². The van der Waals surface area contributed by atoms with Crippen LogP contribution >= 0.6 is 11.6 Å². The molecule has 0 radical (unpaired) electrons. The fraction of sp³-hybridized carbons (Fsp3) is 0.375. The highest BCUT2D eigenvalue weighted by molar-refractivity contribution is 6.32. The maximum Gasteiger partial charge on any atom is 0.417 e. The summed E-state index contributed by atoms with van der Waals surface area (Å²) < 4.78 is 36.7. The van der Waals surface area contributed by atoms with E-state index in [4.69, 9.17) is 17.3 Å². The van der Waals surface area contributed by atoms with Crippen molar-refractivity contribution in [3.8, 4) is 0 Å². The first-order valence-corrected chi connectivity index (χ1v) is 4.63. The molecule has 8 heteroatoms. The van der Waals surface area contributed by atoms with Crippen LogP contribution < -0.4 is 5.73 Å². The molecule has 0 saturated carbocycles. The van der Waals surface area contributed by atoms with E-state index >= 15 is 0 Å². The molecule has 0 spiro atoms. The number of rotatable bonds is 3. The minimum atomic E-state index is -4.47. The highest BCUT2D eigenvalue weighted by atomic mass is 35.5. The Hall–Kier alpha value is -1.21. The second-order valence-corrected chi connectivity index (χ2v) is 3.19. The Morgan fingerprint density at radius 1 is 1.44 bits per heavy atom. The van der Waals surface area contributed by atoms with Crippen LogP contribution in [0.1, 0.15) is 5.56 Å². The number of hydrogen-bond acceptors (Lipinski definition) is 4. The van der Waals surface area contributed by atoms with Crippen molar-refractivity contribution in [2.45, 2.75) is 6.18 Å². The van der Waals surface area contributed by atoms with E-state index in [-0.39, 0.29) is 17.4 Å². The van der Waals surface area contributed by atoms with Crippen molar-refractivity contribution in [2.24, 2.45) is 16.0 Å². The molecule has 0 aliphatic heterocycles. The molecule has 0 saturated heterocycles. The van der Waals surface area contributed by atoms with Gasteiger partial charge < -0.3 is 5.73 Å². The Balaban J connectivity index is 2.92. The smallest absolute Gasteiger partial charge is 0.329 e. The third kappa shape index (κ3) is 3.42. The van der Waals surface area contributed by atoms with Crippen molar-refractivity contribution in [2.75, 3.05) is 13.1 Å². The Morgan fingerprint density at radius 3 is 2.62 bits per heavy atom. The van der Waals surface area contributed by atoms with Gasteiger partial charge in [0.05, 0.1) is 17.1 Å². The highest BCUT2D eigenvalue weighted by Gasteiger charge is 2.31. The van der Waals surface area contributed by atoms with Crippen LogP contribution in [0.25, 0.3) is 0 Å². The highest BCUT2D eigenvalue weighted by Crippen LogP contribution is 2.33. The van der Waals surface area contributed by atoms with E-state index < -0.39 is 11.7 Å². The van der Waals surface area contributed by atoms with E-state index in [1.54, 1.807) is 0 Å². The van der Waals surface area contributed by atoms with Gasteiger partial charge >= 0.3 is 6.18 Å². The molecular formula is C8H8ClF3N4. The lowest BCUT2D eigenvalue weighted by molar-refractivity contribution is -0.137. The summed E-state index contributed by atoms with van der Waals surface area (Å²) in [5, 5.41) is 6.94. The lowest BCUT2D eigenvalue weighted by atomic mass is 10.3. The van der Waals surface area contributed by atoms with Gasteiger partial charge in [-0.2, -0.15) is 18.3 Å². The molecule has 0 unspecified atom stereocenters. The molecule has 0 bridgehead atoms. The Bertz CT molecular complexity index is 391. The van der Waals surface area contributed by atoms with Gasteiger partial charge in [0, 0.05) is 12.7 Å². The van der Waals surface area contributed by atoms with Gasteiger partial charge in [0.1, 0.15) is 0 Å². The summed E-state index contributed by atoms with van der Waals surface area (Å²) in [6, 6.07) is 0.755. The third-order valence-electron chi connectivity index (χ3n) is 1.54. The molecule has 88 valence electrons. The Labute approximate surface area is 94.3 Å². The minimum absolute atomic E-state index is 0.0527. The van der Waals surface area contributed by atoms with Gasteiger partial charge in [0.2, 0.25) is 0 Å². The van der Waals surface area contributed by atoms with Gasteiger partial charge in [-0.05, 0) is 6.07 Å². The molecule has 0 atom stereocenters. The third-order valence-corrected chi connectivity index (χ3v) is 1.82. The lowest BCUT2D eigenvalue weighted by Crippen LogP contribution is -2.05. The summed E-state index contributed by atoms with van der Waals surface area (Å²) >= 11 is 5.57. The number of nitrogens with zero attached hydrogens (tertiary/aromatic N) is 3. The fourth-order valence-electron chi connectivity index (χ4n) is 0.834.